The van der Waals surface area contributed by atoms with E-state index in [9.17, 15) is 27.9 Å². The molecule has 1 atom stereocenters. The molecule has 0 saturated carbocycles. The Bertz CT molecular complexity index is 1200. The van der Waals surface area contributed by atoms with Crippen molar-refractivity contribution in [3.8, 4) is 11.1 Å². The van der Waals surface area contributed by atoms with Gasteiger partial charge in [0.25, 0.3) is 0 Å². The standard InChI is InChI=1S/C25H19ClF3NO4/c26-21-11-14(9-10-20(21)25(27,28)29)12-22(23(31)32)30-24(33)34-13-19-17-7-3-1-5-15(17)16-6-2-4-8-18(16)19/h1-11,19,22H,12-13H2,(H,30,33)(H,31,32). The number of benzene rings is 3. The van der Waals surface area contributed by atoms with Crippen LogP contribution in [0, 0.1) is 0 Å². The molecule has 0 heterocycles. The fraction of sp³-hybridized carbons (Fsp3) is 0.200. The van der Waals surface area contributed by atoms with Crippen LogP contribution in [0.25, 0.3) is 11.1 Å². The Morgan fingerprint density at radius 1 is 1.00 bits per heavy atom. The zero-order valence-corrected chi connectivity index (χ0v) is 18.4. The molecular weight excluding hydrogens is 471 g/mol. The van der Waals surface area contributed by atoms with Gasteiger partial charge in [-0.15, -0.1) is 0 Å². The molecule has 3 aromatic carbocycles. The normalized spacial score (nSPS) is 13.6. The number of carboxylic acids is 1. The number of carbonyl (C=O) groups is 2. The van der Waals surface area contributed by atoms with Crippen LogP contribution in [0.15, 0.2) is 66.7 Å². The molecule has 0 fully saturated rings. The highest BCUT2D eigenvalue weighted by molar-refractivity contribution is 6.31. The number of hydrogen-bond donors (Lipinski definition) is 2. The van der Waals surface area contributed by atoms with Gasteiger partial charge in [0.15, 0.2) is 0 Å². The summed E-state index contributed by atoms with van der Waals surface area (Å²) in [7, 11) is 0. The number of alkyl halides is 3. The maximum atomic E-state index is 12.9. The Kier molecular flexibility index (Phi) is 6.52. The van der Waals surface area contributed by atoms with Crippen LogP contribution in [-0.2, 0) is 22.1 Å². The first-order valence-corrected chi connectivity index (χ1v) is 10.7. The average Bonchev–Trinajstić information content (AvgIpc) is 3.10. The van der Waals surface area contributed by atoms with Crippen molar-refractivity contribution in [3.63, 3.8) is 0 Å². The maximum Gasteiger partial charge on any atom is 0.417 e. The van der Waals surface area contributed by atoms with Crippen molar-refractivity contribution in [1.82, 2.24) is 5.32 Å². The SMILES string of the molecule is O=C(NC(Cc1ccc(C(F)(F)F)c(Cl)c1)C(=O)O)OCC1c2ccccc2-c2ccccc21. The van der Waals surface area contributed by atoms with Gasteiger partial charge >= 0.3 is 18.2 Å². The van der Waals surface area contributed by atoms with E-state index in [1.165, 1.54) is 0 Å². The summed E-state index contributed by atoms with van der Waals surface area (Å²) in [5.41, 5.74) is 3.32. The molecule has 3 aromatic rings. The first-order valence-electron chi connectivity index (χ1n) is 10.3. The third-order valence-electron chi connectivity index (χ3n) is 5.71. The molecule has 9 heteroatoms. The van der Waals surface area contributed by atoms with E-state index in [4.69, 9.17) is 16.3 Å². The van der Waals surface area contributed by atoms with E-state index < -0.39 is 34.9 Å². The van der Waals surface area contributed by atoms with Gasteiger partial charge in [-0.3, -0.25) is 0 Å². The van der Waals surface area contributed by atoms with E-state index in [0.717, 1.165) is 40.5 Å². The molecule has 176 valence electrons. The number of nitrogens with one attached hydrogen (secondary N) is 1. The summed E-state index contributed by atoms with van der Waals surface area (Å²) in [5, 5.41) is 11.2. The minimum atomic E-state index is -4.62. The number of carbonyl (C=O) groups excluding carboxylic acids is 1. The maximum absolute atomic E-state index is 12.9. The molecule has 4 rings (SSSR count). The molecule has 0 spiro atoms. The Morgan fingerprint density at radius 3 is 2.12 bits per heavy atom. The summed E-state index contributed by atoms with van der Waals surface area (Å²) in [4.78, 5) is 24.1. The molecule has 1 unspecified atom stereocenters. The molecule has 1 aliphatic rings. The van der Waals surface area contributed by atoms with Crippen LogP contribution in [0.1, 0.15) is 28.2 Å². The summed E-state index contributed by atoms with van der Waals surface area (Å²) in [6.45, 7) is -0.00168. The lowest BCUT2D eigenvalue weighted by Crippen LogP contribution is -2.42. The predicted octanol–water partition coefficient (Wildman–Crippen LogP) is 5.89. The minimum Gasteiger partial charge on any atom is -0.480 e. The zero-order chi connectivity index (χ0) is 24.5. The van der Waals surface area contributed by atoms with Crippen molar-refractivity contribution in [2.24, 2.45) is 0 Å². The van der Waals surface area contributed by atoms with Crippen molar-refractivity contribution < 1.29 is 32.6 Å². The molecule has 2 N–H and O–H groups in total. The fourth-order valence-corrected chi connectivity index (χ4v) is 4.44. The van der Waals surface area contributed by atoms with E-state index in [0.29, 0.717) is 0 Å². The van der Waals surface area contributed by atoms with Crippen LogP contribution in [0.5, 0.6) is 0 Å². The molecule has 0 aromatic heterocycles. The number of fused-ring (bicyclic) bond motifs is 3. The predicted molar refractivity (Wildman–Crippen MR) is 120 cm³/mol. The number of amides is 1. The zero-order valence-electron chi connectivity index (χ0n) is 17.6. The van der Waals surface area contributed by atoms with E-state index >= 15 is 0 Å². The summed E-state index contributed by atoms with van der Waals surface area (Å²) in [6.07, 6.45) is -5.83. The quantitative estimate of drug-likeness (QED) is 0.452. The Labute approximate surface area is 198 Å². The molecule has 0 radical (unpaired) electrons. The highest BCUT2D eigenvalue weighted by Gasteiger charge is 2.33. The molecule has 0 bridgehead atoms. The number of hydrogen-bond acceptors (Lipinski definition) is 3. The summed E-state index contributed by atoms with van der Waals surface area (Å²) in [6, 6.07) is 17.1. The second-order valence-electron chi connectivity index (χ2n) is 7.88. The number of carboxylic acid groups (broad SMARTS) is 1. The molecule has 34 heavy (non-hydrogen) atoms. The van der Waals surface area contributed by atoms with Gasteiger partial charge in [0.1, 0.15) is 12.6 Å². The topological polar surface area (TPSA) is 75.6 Å². The molecular formula is C25H19ClF3NO4. The first-order chi connectivity index (χ1) is 16.1. The van der Waals surface area contributed by atoms with E-state index in [2.05, 4.69) is 5.32 Å². The Morgan fingerprint density at radius 2 is 1.59 bits per heavy atom. The van der Waals surface area contributed by atoms with E-state index in [1.807, 2.05) is 48.5 Å². The molecule has 5 nitrogen and oxygen atoms in total. The van der Waals surface area contributed by atoms with Crippen LogP contribution in [-0.4, -0.2) is 29.8 Å². The lowest BCUT2D eigenvalue weighted by molar-refractivity contribution is -0.139. The van der Waals surface area contributed by atoms with Gasteiger partial charge in [0.2, 0.25) is 0 Å². The number of rotatable bonds is 6. The van der Waals surface area contributed by atoms with Crippen LogP contribution in [0.2, 0.25) is 5.02 Å². The number of halogens is 4. The van der Waals surface area contributed by atoms with Crippen molar-refractivity contribution in [2.45, 2.75) is 24.6 Å². The minimum absolute atomic E-state index is 0.00168. The summed E-state index contributed by atoms with van der Waals surface area (Å²) < 4.78 is 44.0. The third kappa shape index (κ3) is 4.87. The molecule has 1 amide bonds. The smallest absolute Gasteiger partial charge is 0.417 e. The average molecular weight is 490 g/mol. The molecule has 0 saturated heterocycles. The lowest BCUT2D eigenvalue weighted by Gasteiger charge is -2.18. The largest absolute Gasteiger partial charge is 0.480 e. The van der Waals surface area contributed by atoms with Crippen LogP contribution >= 0.6 is 11.6 Å². The van der Waals surface area contributed by atoms with Gasteiger partial charge in [-0.2, -0.15) is 13.2 Å². The number of ether oxygens (including phenoxy) is 1. The van der Waals surface area contributed by atoms with Crippen molar-refractivity contribution in [1.29, 1.82) is 0 Å². The van der Waals surface area contributed by atoms with Crippen LogP contribution < -0.4 is 5.32 Å². The van der Waals surface area contributed by atoms with Gasteiger partial charge < -0.3 is 15.2 Å². The van der Waals surface area contributed by atoms with E-state index in [-0.39, 0.29) is 24.5 Å². The summed E-state index contributed by atoms with van der Waals surface area (Å²) >= 11 is 5.71. The molecule has 1 aliphatic carbocycles. The van der Waals surface area contributed by atoms with E-state index in [1.54, 1.807) is 0 Å². The lowest BCUT2D eigenvalue weighted by atomic mass is 9.98. The Balaban J connectivity index is 1.43. The number of alkyl carbamates (subject to hydrolysis) is 1. The van der Waals surface area contributed by atoms with Crippen LogP contribution in [0.4, 0.5) is 18.0 Å². The van der Waals surface area contributed by atoms with Crippen molar-refractivity contribution >= 4 is 23.7 Å². The highest BCUT2D eigenvalue weighted by atomic mass is 35.5. The van der Waals surface area contributed by atoms with Crippen molar-refractivity contribution in [3.05, 3.63) is 94.0 Å². The molecule has 0 aliphatic heterocycles. The highest BCUT2D eigenvalue weighted by Crippen LogP contribution is 2.44. The number of aliphatic carboxylic acids is 1. The fourth-order valence-electron chi connectivity index (χ4n) is 4.13. The monoisotopic (exact) mass is 489 g/mol. The second kappa shape index (κ2) is 9.38. The summed E-state index contributed by atoms with van der Waals surface area (Å²) in [5.74, 6) is -1.56. The first kappa shape index (κ1) is 23.6. The second-order valence-corrected chi connectivity index (χ2v) is 8.28. The van der Waals surface area contributed by atoms with Gasteiger partial charge in [-0.25, -0.2) is 9.59 Å². The van der Waals surface area contributed by atoms with Gasteiger partial charge in [-0.1, -0.05) is 66.2 Å². The Hall–Kier alpha value is -3.52. The van der Waals surface area contributed by atoms with Gasteiger partial charge in [-0.05, 0) is 39.9 Å². The van der Waals surface area contributed by atoms with Gasteiger partial charge in [0, 0.05) is 12.3 Å². The third-order valence-corrected chi connectivity index (χ3v) is 6.03. The van der Waals surface area contributed by atoms with Crippen LogP contribution in [0.3, 0.4) is 0 Å². The van der Waals surface area contributed by atoms with Gasteiger partial charge in [0.05, 0.1) is 10.6 Å². The van der Waals surface area contributed by atoms with Crippen molar-refractivity contribution in [2.75, 3.05) is 6.61 Å².